The Labute approximate surface area is 141 Å². The lowest BCUT2D eigenvalue weighted by atomic mass is 9.82. The fourth-order valence-corrected chi connectivity index (χ4v) is 2.54. The van der Waals surface area contributed by atoms with Gasteiger partial charge in [0.05, 0.1) is 12.5 Å². The summed E-state index contributed by atoms with van der Waals surface area (Å²) in [7, 11) is 0. The number of amides is 1. The molecular weight excluding hydrogens is 310 g/mol. The maximum absolute atomic E-state index is 12.7. The third-order valence-electron chi connectivity index (χ3n) is 3.67. The Bertz CT molecular complexity index is 647. The van der Waals surface area contributed by atoms with E-state index in [1.54, 1.807) is 31.2 Å². The molecule has 1 aromatic carbocycles. The molecule has 6 heteroatoms. The molecule has 0 saturated heterocycles. The quantitative estimate of drug-likeness (QED) is 0.518. The molecule has 0 unspecified atom stereocenters. The first-order chi connectivity index (χ1) is 11.2. The van der Waals surface area contributed by atoms with Crippen LogP contribution >= 0.6 is 0 Å². The maximum Gasteiger partial charge on any atom is 0.326 e. The molecule has 1 aliphatic heterocycles. The summed E-state index contributed by atoms with van der Waals surface area (Å²) in [6.07, 6.45) is 0. The molecule has 1 heterocycles. The van der Waals surface area contributed by atoms with Gasteiger partial charge in [0.25, 0.3) is 0 Å². The van der Waals surface area contributed by atoms with Crippen LogP contribution in [0.25, 0.3) is 0 Å². The van der Waals surface area contributed by atoms with Gasteiger partial charge in [0.2, 0.25) is 5.91 Å². The van der Waals surface area contributed by atoms with Crippen LogP contribution in [-0.4, -0.2) is 31.0 Å². The second kappa shape index (κ2) is 7.03. The Morgan fingerprint density at radius 2 is 1.88 bits per heavy atom. The first-order valence-corrected chi connectivity index (χ1v) is 7.99. The molecular formula is C18H23NO5. The summed E-state index contributed by atoms with van der Waals surface area (Å²) in [5, 5.41) is 2.83. The highest BCUT2D eigenvalue weighted by Gasteiger charge is 2.47. The van der Waals surface area contributed by atoms with Crippen LogP contribution in [-0.2, 0) is 19.1 Å². The maximum atomic E-state index is 12.7. The smallest absolute Gasteiger partial charge is 0.326 e. The minimum atomic E-state index is -1.29. The summed E-state index contributed by atoms with van der Waals surface area (Å²) in [4.78, 5) is 37.3. The molecule has 24 heavy (non-hydrogen) atoms. The zero-order chi connectivity index (χ0) is 17.9. The van der Waals surface area contributed by atoms with Crippen LogP contribution in [0.5, 0.6) is 5.75 Å². The summed E-state index contributed by atoms with van der Waals surface area (Å²) in [6, 6.07) is 6.75. The highest BCUT2D eigenvalue weighted by Crippen LogP contribution is 2.38. The van der Waals surface area contributed by atoms with Crippen molar-refractivity contribution < 1.29 is 23.9 Å². The number of hydrogen-bond acceptors (Lipinski definition) is 5. The van der Waals surface area contributed by atoms with Gasteiger partial charge < -0.3 is 14.8 Å². The van der Waals surface area contributed by atoms with E-state index in [-0.39, 0.29) is 17.9 Å². The molecule has 1 amide bonds. The Kier molecular flexibility index (Phi) is 5.26. The van der Waals surface area contributed by atoms with Gasteiger partial charge in [-0.3, -0.25) is 14.4 Å². The molecule has 2 atom stereocenters. The fraction of sp³-hybridized carbons (Fsp3) is 0.500. The number of nitrogens with one attached hydrogen (secondary N) is 1. The van der Waals surface area contributed by atoms with Crippen molar-refractivity contribution in [3.8, 4) is 5.75 Å². The van der Waals surface area contributed by atoms with Gasteiger partial charge in [-0.2, -0.15) is 0 Å². The zero-order valence-corrected chi connectivity index (χ0v) is 14.4. The number of fused-ring (bicyclic) bond motifs is 1. The van der Waals surface area contributed by atoms with Crippen LogP contribution < -0.4 is 10.1 Å². The van der Waals surface area contributed by atoms with Gasteiger partial charge in [0, 0.05) is 12.1 Å². The van der Waals surface area contributed by atoms with Gasteiger partial charge in [-0.1, -0.05) is 39.0 Å². The number of esters is 2. The standard InChI is InChI=1S/C18H23NO5/c1-5-23-16(21)14-13(15(20)19-10-18(2,3)4)11-8-6-7-9-12(11)24-17(14)22/h6-9,13-14H,5,10H2,1-4H3,(H,19,20)/t13-,14+/m0/s1. The number of ether oxygens (including phenoxy) is 2. The van der Waals surface area contributed by atoms with E-state index in [0.717, 1.165) is 0 Å². The second-order valence-electron chi connectivity index (χ2n) is 6.94. The highest BCUT2D eigenvalue weighted by molar-refractivity contribution is 6.04. The number of rotatable bonds is 4. The molecule has 1 aliphatic rings. The van der Waals surface area contributed by atoms with Crippen LogP contribution in [0.4, 0.5) is 0 Å². The van der Waals surface area contributed by atoms with E-state index in [0.29, 0.717) is 17.9 Å². The lowest BCUT2D eigenvalue weighted by molar-refractivity contribution is -0.161. The van der Waals surface area contributed by atoms with E-state index in [9.17, 15) is 14.4 Å². The first kappa shape index (κ1) is 18.0. The average Bonchev–Trinajstić information content (AvgIpc) is 2.50. The van der Waals surface area contributed by atoms with Crippen LogP contribution in [0, 0.1) is 11.3 Å². The molecule has 0 bridgehead atoms. The van der Waals surface area contributed by atoms with Crippen molar-refractivity contribution in [3.05, 3.63) is 29.8 Å². The average molecular weight is 333 g/mol. The van der Waals surface area contributed by atoms with Gasteiger partial charge in [-0.05, 0) is 18.4 Å². The van der Waals surface area contributed by atoms with Crippen molar-refractivity contribution in [2.45, 2.75) is 33.6 Å². The molecule has 1 N–H and O–H groups in total. The zero-order valence-electron chi connectivity index (χ0n) is 14.4. The van der Waals surface area contributed by atoms with Crippen molar-refractivity contribution >= 4 is 17.8 Å². The van der Waals surface area contributed by atoms with Crippen LogP contribution in [0.1, 0.15) is 39.2 Å². The van der Waals surface area contributed by atoms with Crippen molar-refractivity contribution in [1.82, 2.24) is 5.32 Å². The summed E-state index contributed by atoms with van der Waals surface area (Å²) in [6.45, 7) is 8.15. The Balaban J connectivity index is 2.37. The molecule has 130 valence electrons. The molecule has 0 aromatic heterocycles. The number of carbonyl (C=O) groups is 3. The largest absolute Gasteiger partial charge is 0.465 e. The van der Waals surface area contributed by atoms with E-state index < -0.39 is 23.8 Å². The molecule has 0 spiro atoms. The number of hydrogen-bond donors (Lipinski definition) is 1. The Morgan fingerprint density at radius 3 is 2.50 bits per heavy atom. The van der Waals surface area contributed by atoms with Gasteiger partial charge in [-0.25, -0.2) is 0 Å². The molecule has 0 radical (unpaired) electrons. The van der Waals surface area contributed by atoms with Crippen LogP contribution in [0.2, 0.25) is 0 Å². The first-order valence-electron chi connectivity index (χ1n) is 7.99. The third kappa shape index (κ3) is 3.93. The van der Waals surface area contributed by atoms with Crippen molar-refractivity contribution in [2.24, 2.45) is 11.3 Å². The number of benzene rings is 1. The summed E-state index contributed by atoms with van der Waals surface area (Å²) in [5.41, 5.74) is 0.394. The van der Waals surface area contributed by atoms with Crippen LogP contribution in [0.3, 0.4) is 0 Å². The number of para-hydroxylation sites is 1. The number of carbonyl (C=O) groups excluding carboxylic acids is 3. The SMILES string of the molecule is CCOC(=O)[C@@H]1C(=O)Oc2ccccc2[C@@H]1C(=O)NCC(C)(C)C. The van der Waals surface area contributed by atoms with E-state index >= 15 is 0 Å². The predicted molar refractivity (Wildman–Crippen MR) is 87.4 cm³/mol. The predicted octanol–water partition coefficient (Wildman–Crippen LogP) is 2.03. The minimum Gasteiger partial charge on any atom is -0.465 e. The molecule has 0 saturated carbocycles. The molecule has 2 rings (SSSR count). The Morgan fingerprint density at radius 1 is 1.21 bits per heavy atom. The summed E-state index contributed by atoms with van der Waals surface area (Å²) < 4.78 is 10.2. The van der Waals surface area contributed by atoms with Gasteiger partial charge in [0.1, 0.15) is 5.75 Å². The lowest BCUT2D eigenvalue weighted by Crippen LogP contribution is -2.46. The summed E-state index contributed by atoms with van der Waals surface area (Å²) in [5.74, 6) is -3.83. The van der Waals surface area contributed by atoms with Crippen LogP contribution in [0.15, 0.2) is 24.3 Å². The van der Waals surface area contributed by atoms with Gasteiger partial charge >= 0.3 is 11.9 Å². The monoisotopic (exact) mass is 333 g/mol. The molecule has 6 nitrogen and oxygen atoms in total. The van der Waals surface area contributed by atoms with E-state index in [1.807, 2.05) is 20.8 Å². The third-order valence-corrected chi connectivity index (χ3v) is 3.67. The van der Waals surface area contributed by atoms with E-state index in [2.05, 4.69) is 5.32 Å². The lowest BCUT2D eigenvalue weighted by Gasteiger charge is -2.30. The van der Waals surface area contributed by atoms with Gasteiger partial charge in [0.15, 0.2) is 5.92 Å². The van der Waals surface area contributed by atoms with Crippen molar-refractivity contribution in [3.63, 3.8) is 0 Å². The summed E-state index contributed by atoms with van der Waals surface area (Å²) >= 11 is 0. The minimum absolute atomic E-state index is 0.121. The normalized spacial score (nSPS) is 19.9. The fourth-order valence-electron chi connectivity index (χ4n) is 2.54. The van der Waals surface area contributed by atoms with Gasteiger partial charge in [-0.15, -0.1) is 0 Å². The second-order valence-corrected chi connectivity index (χ2v) is 6.94. The van der Waals surface area contributed by atoms with Crippen molar-refractivity contribution in [2.75, 3.05) is 13.2 Å². The molecule has 0 fully saturated rings. The highest BCUT2D eigenvalue weighted by atomic mass is 16.6. The van der Waals surface area contributed by atoms with E-state index in [4.69, 9.17) is 9.47 Å². The topological polar surface area (TPSA) is 81.7 Å². The molecule has 0 aliphatic carbocycles. The molecule has 1 aromatic rings. The van der Waals surface area contributed by atoms with E-state index in [1.165, 1.54) is 0 Å². The van der Waals surface area contributed by atoms with Crippen molar-refractivity contribution in [1.29, 1.82) is 0 Å². The Hall–Kier alpha value is -2.37.